The van der Waals surface area contributed by atoms with Gasteiger partial charge < -0.3 is 9.29 Å². The van der Waals surface area contributed by atoms with E-state index in [4.69, 9.17) is 0 Å². The van der Waals surface area contributed by atoms with Crippen LogP contribution in [0.15, 0.2) is 52.2 Å². The molecule has 1 unspecified atom stereocenters. The van der Waals surface area contributed by atoms with Crippen molar-refractivity contribution in [2.75, 3.05) is 4.72 Å². The summed E-state index contributed by atoms with van der Waals surface area (Å²) in [6.07, 6.45) is 0.962. The molecular formula is C20H22N2O2S. The van der Waals surface area contributed by atoms with Gasteiger partial charge in [0.2, 0.25) is 0 Å². The molecule has 0 spiro atoms. The highest BCUT2D eigenvalue weighted by atomic mass is 32.2. The van der Waals surface area contributed by atoms with E-state index < -0.39 is 11.0 Å². The number of hydrogen-bond donors (Lipinski definition) is 1. The SMILES string of the molecule is CCc1ccc(S(=O)Nc2ccc3c(c2)cc(C)c(=O)n3C)c(C)c1. The maximum atomic E-state index is 12.7. The van der Waals surface area contributed by atoms with Crippen molar-refractivity contribution < 1.29 is 4.21 Å². The van der Waals surface area contributed by atoms with Crippen molar-refractivity contribution in [1.29, 1.82) is 0 Å². The molecule has 1 heterocycles. The number of hydrogen-bond acceptors (Lipinski definition) is 2. The Morgan fingerprint density at radius 1 is 1.04 bits per heavy atom. The molecular weight excluding hydrogens is 332 g/mol. The number of fused-ring (bicyclic) bond motifs is 1. The molecule has 3 rings (SSSR count). The summed E-state index contributed by atoms with van der Waals surface area (Å²) in [5.41, 5.74) is 4.57. The van der Waals surface area contributed by atoms with Crippen molar-refractivity contribution in [1.82, 2.24) is 4.57 Å². The lowest BCUT2D eigenvalue weighted by atomic mass is 10.1. The standard InChI is InChI=1S/C20H22N2O2S/c1-5-15-6-9-19(13(2)10-15)25(24)21-17-7-8-18-16(12-17)11-14(3)20(23)22(18)4/h6-12,21H,5H2,1-4H3. The van der Waals surface area contributed by atoms with Crippen molar-refractivity contribution in [3.05, 3.63) is 69.5 Å². The lowest BCUT2D eigenvalue weighted by Crippen LogP contribution is -2.19. The summed E-state index contributed by atoms with van der Waals surface area (Å²) in [5.74, 6) is 0. The van der Waals surface area contributed by atoms with Crippen LogP contribution in [0, 0.1) is 13.8 Å². The van der Waals surface area contributed by atoms with Gasteiger partial charge in [-0.1, -0.05) is 19.1 Å². The van der Waals surface area contributed by atoms with Crippen LogP contribution < -0.4 is 10.3 Å². The van der Waals surface area contributed by atoms with Crippen molar-refractivity contribution in [2.45, 2.75) is 32.1 Å². The molecule has 130 valence electrons. The first-order chi connectivity index (χ1) is 11.9. The van der Waals surface area contributed by atoms with E-state index in [1.165, 1.54) is 5.56 Å². The Bertz CT molecular complexity index is 1040. The minimum absolute atomic E-state index is 0.00317. The van der Waals surface area contributed by atoms with Crippen LogP contribution >= 0.6 is 0 Å². The second kappa shape index (κ2) is 6.84. The molecule has 0 amide bonds. The topological polar surface area (TPSA) is 51.1 Å². The fourth-order valence-electron chi connectivity index (χ4n) is 3.01. The first kappa shape index (κ1) is 17.4. The van der Waals surface area contributed by atoms with Crippen molar-refractivity contribution in [2.24, 2.45) is 7.05 Å². The summed E-state index contributed by atoms with van der Waals surface area (Å²) in [6.45, 7) is 5.89. The van der Waals surface area contributed by atoms with Crippen LogP contribution in [0.1, 0.15) is 23.6 Å². The largest absolute Gasteiger partial charge is 0.311 e. The van der Waals surface area contributed by atoms with Gasteiger partial charge in [-0.2, -0.15) is 0 Å². The maximum Gasteiger partial charge on any atom is 0.253 e. The first-order valence-electron chi connectivity index (χ1n) is 8.29. The Hall–Kier alpha value is -2.40. The molecule has 0 aliphatic rings. The highest BCUT2D eigenvalue weighted by molar-refractivity contribution is 7.86. The summed E-state index contributed by atoms with van der Waals surface area (Å²) in [7, 11) is 0.433. The molecule has 4 nitrogen and oxygen atoms in total. The third kappa shape index (κ3) is 3.37. The summed E-state index contributed by atoms with van der Waals surface area (Å²) < 4.78 is 17.4. The van der Waals surface area contributed by atoms with Gasteiger partial charge in [0.05, 0.1) is 10.4 Å². The molecule has 2 aromatic carbocycles. The van der Waals surface area contributed by atoms with E-state index in [1.54, 1.807) is 18.5 Å². The predicted octanol–water partition coefficient (Wildman–Crippen LogP) is 3.85. The first-order valence-corrected chi connectivity index (χ1v) is 9.44. The molecule has 0 saturated heterocycles. The molecule has 1 aromatic heterocycles. The highest BCUT2D eigenvalue weighted by Gasteiger charge is 2.10. The van der Waals surface area contributed by atoms with Gasteiger partial charge in [-0.05, 0) is 61.7 Å². The van der Waals surface area contributed by atoms with E-state index in [0.717, 1.165) is 33.5 Å². The minimum atomic E-state index is -1.33. The number of pyridine rings is 1. The van der Waals surface area contributed by atoms with Gasteiger partial charge in [-0.3, -0.25) is 4.79 Å². The quantitative estimate of drug-likeness (QED) is 0.774. The van der Waals surface area contributed by atoms with Crippen molar-refractivity contribution in [3.8, 4) is 0 Å². The second-order valence-corrected chi connectivity index (χ2v) is 7.47. The lowest BCUT2D eigenvalue weighted by Gasteiger charge is -2.12. The third-order valence-electron chi connectivity index (χ3n) is 4.46. The van der Waals surface area contributed by atoms with Crippen molar-refractivity contribution in [3.63, 3.8) is 0 Å². The number of anilines is 1. The van der Waals surface area contributed by atoms with Gasteiger partial charge in [0.15, 0.2) is 11.0 Å². The molecule has 0 fully saturated rings. The number of nitrogens with one attached hydrogen (secondary N) is 1. The molecule has 0 radical (unpaired) electrons. The maximum absolute atomic E-state index is 12.7. The Morgan fingerprint density at radius 2 is 1.80 bits per heavy atom. The summed E-state index contributed by atoms with van der Waals surface area (Å²) in [5, 5.41) is 0.944. The Labute approximate surface area is 150 Å². The molecule has 1 atom stereocenters. The zero-order valence-corrected chi connectivity index (χ0v) is 15.7. The Kier molecular flexibility index (Phi) is 4.77. The fraction of sp³-hybridized carbons (Fsp3) is 0.250. The Balaban J connectivity index is 1.94. The lowest BCUT2D eigenvalue weighted by molar-refractivity contribution is 0.686. The third-order valence-corrected chi connectivity index (χ3v) is 5.74. The van der Waals surface area contributed by atoms with Gasteiger partial charge in [0.1, 0.15) is 0 Å². The van der Waals surface area contributed by atoms with Gasteiger partial charge in [-0.15, -0.1) is 0 Å². The van der Waals surface area contributed by atoms with Gasteiger partial charge in [0, 0.05) is 23.7 Å². The molecule has 0 aliphatic heterocycles. The highest BCUT2D eigenvalue weighted by Crippen LogP contribution is 2.22. The van der Waals surface area contributed by atoms with Crippen LogP contribution in [0.4, 0.5) is 5.69 Å². The van der Waals surface area contributed by atoms with E-state index in [9.17, 15) is 9.00 Å². The van der Waals surface area contributed by atoms with Gasteiger partial charge in [0.25, 0.3) is 5.56 Å². The van der Waals surface area contributed by atoms with E-state index in [1.807, 2.05) is 43.3 Å². The molecule has 1 N–H and O–H groups in total. The van der Waals surface area contributed by atoms with Crippen molar-refractivity contribution >= 4 is 27.6 Å². The van der Waals surface area contributed by atoms with Gasteiger partial charge in [-0.25, -0.2) is 4.21 Å². The average Bonchev–Trinajstić information content (AvgIpc) is 2.59. The predicted molar refractivity (Wildman–Crippen MR) is 105 cm³/mol. The van der Waals surface area contributed by atoms with Crippen LogP contribution in [0.25, 0.3) is 10.9 Å². The van der Waals surface area contributed by atoms with Crippen LogP contribution in [0.3, 0.4) is 0 Å². The molecule has 5 heteroatoms. The van der Waals surface area contributed by atoms with Crippen LogP contribution in [0.5, 0.6) is 0 Å². The van der Waals surface area contributed by atoms with E-state index in [-0.39, 0.29) is 5.56 Å². The summed E-state index contributed by atoms with van der Waals surface area (Å²) in [4.78, 5) is 12.8. The fourth-order valence-corrected chi connectivity index (χ4v) is 4.00. The number of aromatic nitrogens is 1. The van der Waals surface area contributed by atoms with Gasteiger partial charge >= 0.3 is 0 Å². The normalized spacial score (nSPS) is 12.3. The second-order valence-electron chi connectivity index (χ2n) is 6.29. The van der Waals surface area contributed by atoms with E-state index in [2.05, 4.69) is 17.7 Å². The number of aryl methyl sites for hydroxylation is 4. The number of nitrogens with zero attached hydrogens (tertiary/aromatic N) is 1. The summed E-state index contributed by atoms with van der Waals surface area (Å²) >= 11 is 0. The molecule has 0 saturated carbocycles. The minimum Gasteiger partial charge on any atom is -0.311 e. The molecule has 25 heavy (non-hydrogen) atoms. The van der Waals surface area contributed by atoms with E-state index in [0.29, 0.717) is 5.56 Å². The van der Waals surface area contributed by atoms with Crippen LogP contribution in [-0.4, -0.2) is 8.78 Å². The average molecular weight is 354 g/mol. The zero-order valence-electron chi connectivity index (χ0n) is 14.9. The Morgan fingerprint density at radius 3 is 2.48 bits per heavy atom. The number of rotatable bonds is 4. The van der Waals surface area contributed by atoms with Crippen LogP contribution in [-0.2, 0) is 24.5 Å². The zero-order chi connectivity index (χ0) is 18.1. The number of benzene rings is 2. The summed E-state index contributed by atoms with van der Waals surface area (Å²) in [6, 6.07) is 13.5. The molecule has 0 bridgehead atoms. The van der Waals surface area contributed by atoms with Crippen LogP contribution in [0.2, 0.25) is 0 Å². The van der Waals surface area contributed by atoms with E-state index >= 15 is 0 Å². The monoisotopic (exact) mass is 354 g/mol. The molecule has 0 aliphatic carbocycles. The molecule has 3 aromatic rings. The smallest absolute Gasteiger partial charge is 0.253 e.